The van der Waals surface area contributed by atoms with Crippen molar-refractivity contribution in [2.45, 2.75) is 45.2 Å². The van der Waals surface area contributed by atoms with Gasteiger partial charge in [-0.1, -0.05) is 13.8 Å². The highest BCUT2D eigenvalue weighted by atomic mass is 16.2. The van der Waals surface area contributed by atoms with Gasteiger partial charge in [0.15, 0.2) is 0 Å². The van der Waals surface area contributed by atoms with Crippen LogP contribution in [0, 0.1) is 5.92 Å². The monoisotopic (exact) mass is 227 g/mol. The molecule has 0 spiro atoms. The third-order valence-electron chi connectivity index (χ3n) is 2.88. The highest BCUT2D eigenvalue weighted by Crippen LogP contribution is 2.09. The minimum atomic E-state index is -0.561. The van der Waals surface area contributed by atoms with Crippen LogP contribution in [-0.2, 0) is 9.59 Å². The van der Waals surface area contributed by atoms with Crippen molar-refractivity contribution in [3.05, 3.63) is 0 Å². The third-order valence-corrected chi connectivity index (χ3v) is 2.88. The first kappa shape index (κ1) is 13.0. The number of hydrogen-bond donors (Lipinski definition) is 3. The number of nitrogens with one attached hydrogen (secondary N) is 2. The molecule has 2 unspecified atom stereocenters. The Labute approximate surface area is 96.1 Å². The summed E-state index contributed by atoms with van der Waals surface area (Å²) in [5, 5.41) is 5.93. The molecule has 5 nitrogen and oxygen atoms in total. The highest BCUT2D eigenvalue weighted by molar-refractivity contribution is 5.86. The van der Waals surface area contributed by atoms with Crippen molar-refractivity contribution in [2.24, 2.45) is 11.7 Å². The molecule has 1 aliphatic heterocycles. The van der Waals surface area contributed by atoms with Crippen molar-refractivity contribution < 1.29 is 9.59 Å². The molecule has 1 heterocycles. The SMILES string of the molecule is CC(C)C(NC(=O)CC1CCCN1)C(N)=O. The first-order valence-corrected chi connectivity index (χ1v) is 5.82. The molecular weight excluding hydrogens is 206 g/mol. The fraction of sp³-hybridized carbons (Fsp3) is 0.818. The van der Waals surface area contributed by atoms with Gasteiger partial charge in [0.25, 0.3) is 0 Å². The summed E-state index contributed by atoms with van der Waals surface area (Å²) in [6.07, 6.45) is 2.56. The van der Waals surface area contributed by atoms with Gasteiger partial charge in [-0.2, -0.15) is 0 Å². The molecule has 2 atom stereocenters. The zero-order valence-corrected chi connectivity index (χ0v) is 9.95. The number of rotatable bonds is 5. The quantitative estimate of drug-likeness (QED) is 0.606. The second-order valence-electron chi connectivity index (χ2n) is 4.69. The molecule has 4 N–H and O–H groups in total. The second kappa shape index (κ2) is 5.84. The molecule has 0 aromatic heterocycles. The molecule has 16 heavy (non-hydrogen) atoms. The summed E-state index contributed by atoms with van der Waals surface area (Å²) in [4.78, 5) is 22.8. The van der Waals surface area contributed by atoms with Gasteiger partial charge >= 0.3 is 0 Å². The van der Waals surface area contributed by atoms with E-state index < -0.39 is 11.9 Å². The average Bonchev–Trinajstić information content (AvgIpc) is 2.65. The van der Waals surface area contributed by atoms with Crippen LogP contribution in [0.25, 0.3) is 0 Å². The lowest BCUT2D eigenvalue weighted by Gasteiger charge is -2.20. The number of carbonyl (C=O) groups excluding carboxylic acids is 2. The van der Waals surface area contributed by atoms with Gasteiger partial charge in [-0.3, -0.25) is 9.59 Å². The van der Waals surface area contributed by atoms with Gasteiger partial charge in [0, 0.05) is 12.5 Å². The fourth-order valence-corrected chi connectivity index (χ4v) is 1.95. The molecule has 0 bridgehead atoms. The van der Waals surface area contributed by atoms with Gasteiger partial charge in [0.05, 0.1) is 0 Å². The number of primary amides is 1. The Kier molecular flexibility index (Phi) is 4.73. The summed E-state index contributed by atoms with van der Waals surface area (Å²) in [5.41, 5.74) is 5.22. The Morgan fingerprint density at radius 2 is 2.19 bits per heavy atom. The van der Waals surface area contributed by atoms with Crippen molar-refractivity contribution in [3.63, 3.8) is 0 Å². The molecule has 0 aliphatic carbocycles. The molecule has 0 aromatic rings. The van der Waals surface area contributed by atoms with Crippen LogP contribution in [-0.4, -0.2) is 30.4 Å². The Bertz CT molecular complexity index is 260. The molecular formula is C11H21N3O2. The van der Waals surface area contributed by atoms with E-state index in [1.165, 1.54) is 0 Å². The minimum Gasteiger partial charge on any atom is -0.368 e. The van der Waals surface area contributed by atoms with Crippen LogP contribution >= 0.6 is 0 Å². The summed E-state index contributed by atoms with van der Waals surface area (Å²) >= 11 is 0. The lowest BCUT2D eigenvalue weighted by molar-refractivity contribution is -0.128. The summed E-state index contributed by atoms with van der Waals surface area (Å²) < 4.78 is 0. The molecule has 1 saturated heterocycles. The van der Waals surface area contributed by atoms with E-state index in [0.29, 0.717) is 6.42 Å². The van der Waals surface area contributed by atoms with Crippen LogP contribution in [0.2, 0.25) is 0 Å². The van der Waals surface area contributed by atoms with Crippen LogP contribution in [0.1, 0.15) is 33.1 Å². The summed E-state index contributed by atoms with van der Waals surface area (Å²) in [7, 11) is 0. The lowest BCUT2D eigenvalue weighted by Crippen LogP contribution is -2.48. The van der Waals surface area contributed by atoms with E-state index in [-0.39, 0.29) is 17.9 Å². The average molecular weight is 227 g/mol. The maximum atomic E-state index is 11.7. The summed E-state index contributed by atoms with van der Waals surface area (Å²) in [6, 6.07) is -0.311. The van der Waals surface area contributed by atoms with E-state index in [1.54, 1.807) is 0 Å². The van der Waals surface area contributed by atoms with E-state index in [4.69, 9.17) is 5.73 Å². The van der Waals surface area contributed by atoms with Crippen molar-refractivity contribution in [1.29, 1.82) is 0 Å². The molecule has 0 aromatic carbocycles. The zero-order chi connectivity index (χ0) is 12.1. The van der Waals surface area contributed by atoms with Gasteiger partial charge in [-0.05, 0) is 25.3 Å². The molecule has 2 amide bonds. The van der Waals surface area contributed by atoms with Crippen molar-refractivity contribution in [1.82, 2.24) is 10.6 Å². The van der Waals surface area contributed by atoms with Gasteiger partial charge in [-0.15, -0.1) is 0 Å². The first-order valence-electron chi connectivity index (χ1n) is 5.82. The van der Waals surface area contributed by atoms with Crippen molar-refractivity contribution in [3.8, 4) is 0 Å². The number of amides is 2. The fourth-order valence-electron chi connectivity index (χ4n) is 1.95. The molecule has 5 heteroatoms. The predicted octanol–water partition coefficient (Wildman–Crippen LogP) is -0.245. The van der Waals surface area contributed by atoms with E-state index in [2.05, 4.69) is 10.6 Å². The normalized spacial score (nSPS) is 22.1. The standard InChI is InChI=1S/C11H21N3O2/c1-7(2)10(11(12)16)14-9(15)6-8-4-3-5-13-8/h7-8,10,13H,3-6H2,1-2H3,(H2,12,16)(H,14,15). The summed E-state index contributed by atoms with van der Waals surface area (Å²) in [5.74, 6) is -0.544. The Morgan fingerprint density at radius 1 is 1.50 bits per heavy atom. The Morgan fingerprint density at radius 3 is 2.62 bits per heavy atom. The number of carbonyl (C=O) groups is 2. The smallest absolute Gasteiger partial charge is 0.240 e. The van der Waals surface area contributed by atoms with E-state index in [0.717, 1.165) is 19.4 Å². The number of hydrogen-bond acceptors (Lipinski definition) is 3. The molecule has 1 rings (SSSR count). The van der Waals surface area contributed by atoms with E-state index in [9.17, 15) is 9.59 Å². The van der Waals surface area contributed by atoms with Crippen LogP contribution in [0.3, 0.4) is 0 Å². The van der Waals surface area contributed by atoms with Crippen LogP contribution in [0.4, 0.5) is 0 Å². The minimum absolute atomic E-state index is 0.0259. The van der Waals surface area contributed by atoms with Crippen LogP contribution in [0.5, 0.6) is 0 Å². The van der Waals surface area contributed by atoms with Gasteiger partial charge < -0.3 is 16.4 Å². The Balaban J connectivity index is 2.38. The maximum Gasteiger partial charge on any atom is 0.240 e. The van der Waals surface area contributed by atoms with Crippen LogP contribution in [0.15, 0.2) is 0 Å². The molecule has 0 radical (unpaired) electrons. The predicted molar refractivity (Wildman–Crippen MR) is 61.6 cm³/mol. The van der Waals surface area contributed by atoms with Crippen molar-refractivity contribution in [2.75, 3.05) is 6.54 Å². The Hall–Kier alpha value is -1.10. The molecule has 1 aliphatic rings. The maximum absolute atomic E-state index is 11.7. The highest BCUT2D eigenvalue weighted by Gasteiger charge is 2.24. The second-order valence-corrected chi connectivity index (χ2v) is 4.69. The zero-order valence-electron chi connectivity index (χ0n) is 9.95. The van der Waals surface area contributed by atoms with Crippen LogP contribution < -0.4 is 16.4 Å². The van der Waals surface area contributed by atoms with Gasteiger partial charge in [0.2, 0.25) is 11.8 Å². The van der Waals surface area contributed by atoms with Gasteiger partial charge in [0.1, 0.15) is 6.04 Å². The van der Waals surface area contributed by atoms with E-state index >= 15 is 0 Å². The van der Waals surface area contributed by atoms with E-state index in [1.807, 2.05) is 13.8 Å². The summed E-state index contributed by atoms with van der Waals surface area (Å²) in [6.45, 7) is 4.70. The molecule has 0 saturated carbocycles. The van der Waals surface area contributed by atoms with Gasteiger partial charge in [-0.25, -0.2) is 0 Å². The topological polar surface area (TPSA) is 84.2 Å². The molecule has 92 valence electrons. The largest absolute Gasteiger partial charge is 0.368 e. The first-order chi connectivity index (χ1) is 7.50. The number of nitrogens with two attached hydrogens (primary N) is 1. The van der Waals surface area contributed by atoms with Crippen molar-refractivity contribution >= 4 is 11.8 Å². The lowest BCUT2D eigenvalue weighted by atomic mass is 10.0. The third kappa shape index (κ3) is 3.81. The molecule has 1 fully saturated rings.